The van der Waals surface area contributed by atoms with E-state index in [1.54, 1.807) is 12.1 Å². The van der Waals surface area contributed by atoms with Gasteiger partial charge in [0.25, 0.3) is 0 Å². The van der Waals surface area contributed by atoms with Gasteiger partial charge >= 0.3 is 0 Å². The Labute approximate surface area is 136 Å². The second-order valence-electron chi connectivity index (χ2n) is 4.68. The molecular weight excluding hydrogens is 332 g/mol. The lowest BCUT2D eigenvalue weighted by molar-refractivity contribution is 0.141. The second-order valence-corrected chi connectivity index (χ2v) is 5.42. The molecule has 1 atom stereocenters. The molecule has 0 aliphatic carbocycles. The number of nitrogens with one attached hydrogen (secondary N) is 1. The zero-order valence-corrected chi connectivity index (χ0v) is 12.9. The minimum Gasteiger partial charge on any atom is -0.486 e. The number of nitrogens with zero attached hydrogens (tertiary/aromatic N) is 2. The molecule has 0 saturated carbocycles. The monoisotopic (exact) mass is 343 g/mol. The maximum atomic E-state index is 14.1. The fourth-order valence-electron chi connectivity index (χ4n) is 2.06. The van der Waals surface area contributed by atoms with Gasteiger partial charge in [0, 0.05) is 6.42 Å². The van der Waals surface area contributed by atoms with Gasteiger partial charge in [-0.15, -0.1) is 0 Å². The summed E-state index contributed by atoms with van der Waals surface area (Å²) in [6, 6.07) is 4.55. The van der Waals surface area contributed by atoms with E-state index in [0.717, 1.165) is 6.42 Å². The quantitative estimate of drug-likeness (QED) is 0.855. The molecule has 22 heavy (non-hydrogen) atoms. The Morgan fingerprint density at radius 2 is 2.23 bits per heavy atom. The van der Waals surface area contributed by atoms with Gasteiger partial charge in [0.05, 0.1) is 19.4 Å². The van der Waals surface area contributed by atoms with E-state index in [4.69, 9.17) is 32.7 Å². The van der Waals surface area contributed by atoms with Gasteiger partial charge in [0.1, 0.15) is 22.6 Å². The Morgan fingerprint density at radius 3 is 3.00 bits per heavy atom. The average Bonchev–Trinajstić information content (AvgIpc) is 2.99. The summed E-state index contributed by atoms with van der Waals surface area (Å²) in [5.74, 6) is 0.0859. The predicted molar refractivity (Wildman–Crippen MR) is 81.6 cm³/mol. The van der Waals surface area contributed by atoms with Crippen LogP contribution in [-0.2, 0) is 4.74 Å². The van der Waals surface area contributed by atoms with Gasteiger partial charge in [-0.2, -0.15) is 4.98 Å². The van der Waals surface area contributed by atoms with Crippen LogP contribution >= 0.6 is 23.2 Å². The van der Waals surface area contributed by atoms with Crippen molar-refractivity contribution in [3.05, 3.63) is 40.5 Å². The lowest BCUT2D eigenvalue weighted by Crippen LogP contribution is -2.16. The smallest absolute Gasteiger partial charge is 0.224 e. The Bertz CT molecular complexity index is 681. The summed E-state index contributed by atoms with van der Waals surface area (Å²) >= 11 is 11.7. The van der Waals surface area contributed by atoms with Crippen molar-refractivity contribution < 1.29 is 13.9 Å². The molecule has 0 amide bonds. The zero-order chi connectivity index (χ0) is 15.5. The average molecular weight is 344 g/mol. The minimum absolute atomic E-state index is 0.00917. The van der Waals surface area contributed by atoms with Crippen LogP contribution in [0.3, 0.4) is 0 Å². The number of hydrogen-bond acceptors (Lipinski definition) is 5. The summed E-state index contributed by atoms with van der Waals surface area (Å²) in [7, 11) is 0. The number of anilines is 2. The minimum atomic E-state index is -0.484. The molecule has 1 fully saturated rings. The predicted octanol–water partition coefficient (Wildman–Crippen LogP) is 3.83. The molecule has 5 nitrogen and oxygen atoms in total. The normalized spacial score (nSPS) is 17.5. The van der Waals surface area contributed by atoms with Crippen LogP contribution in [0.1, 0.15) is 6.42 Å². The Balaban J connectivity index is 1.90. The van der Waals surface area contributed by atoms with Crippen LogP contribution in [0.25, 0.3) is 0 Å². The van der Waals surface area contributed by atoms with Crippen LogP contribution in [-0.4, -0.2) is 29.3 Å². The molecular formula is C14H12Cl2FN3O2. The Hall–Kier alpha value is -1.63. The van der Waals surface area contributed by atoms with Crippen LogP contribution in [0.5, 0.6) is 5.75 Å². The zero-order valence-electron chi connectivity index (χ0n) is 11.4. The number of rotatable bonds is 4. The number of para-hydroxylation sites is 1. The largest absolute Gasteiger partial charge is 0.486 e. The highest BCUT2D eigenvalue weighted by molar-refractivity contribution is 6.33. The highest BCUT2D eigenvalue weighted by atomic mass is 35.5. The maximum Gasteiger partial charge on any atom is 0.224 e. The molecule has 116 valence electrons. The highest BCUT2D eigenvalue weighted by Crippen LogP contribution is 2.33. The van der Waals surface area contributed by atoms with Gasteiger partial charge in [0.2, 0.25) is 5.28 Å². The van der Waals surface area contributed by atoms with Crippen molar-refractivity contribution in [3.63, 3.8) is 0 Å². The molecule has 0 spiro atoms. The van der Waals surface area contributed by atoms with E-state index in [-0.39, 0.29) is 27.9 Å². The number of halogens is 3. The third-order valence-corrected chi connectivity index (χ3v) is 3.57. The van der Waals surface area contributed by atoms with E-state index >= 15 is 0 Å². The fraction of sp³-hybridized carbons (Fsp3) is 0.286. The summed E-state index contributed by atoms with van der Waals surface area (Å²) in [4.78, 5) is 7.70. The van der Waals surface area contributed by atoms with E-state index in [0.29, 0.717) is 19.0 Å². The van der Waals surface area contributed by atoms with E-state index in [1.165, 1.54) is 12.3 Å². The molecule has 8 heteroatoms. The SMILES string of the molecule is Fc1cccc(OC2CCOC2)c1Nc1nc(Cl)ncc1Cl. The summed E-state index contributed by atoms with van der Waals surface area (Å²) < 4.78 is 25.2. The number of benzene rings is 1. The molecule has 1 aromatic heterocycles. The van der Waals surface area contributed by atoms with Crippen molar-refractivity contribution in [3.8, 4) is 5.75 Å². The third-order valence-electron chi connectivity index (χ3n) is 3.12. The summed E-state index contributed by atoms with van der Waals surface area (Å²) in [6.07, 6.45) is 1.99. The molecule has 1 unspecified atom stereocenters. The summed E-state index contributed by atoms with van der Waals surface area (Å²) in [5.41, 5.74) is 0.145. The van der Waals surface area contributed by atoms with Crippen molar-refractivity contribution in [2.45, 2.75) is 12.5 Å². The molecule has 0 bridgehead atoms. The molecule has 1 N–H and O–H groups in total. The van der Waals surface area contributed by atoms with Crippen molar-refractivity contribution in [1.29, 1.82) is 0 Å². The van der Waals surface area contributed by atoms with Crippen LogP contribution in [0.4, 0.5) is 15.9 Å². The lowest BCUT2D eigenvalue weighted by Gasteiger charge is -2.17. The molecule has 2 heterocycles. The van der Waals surface area contributed by atoms with Gasteiger partial charge < -0.3 is 14.8 Å². The molecule has 3 rings (SSSR count). The molecule has 1 saturated heterocycles. The van der Waals surface area contributed by atoms with Crippen LogP contribution < -0.4 is 10.1 Å². The van der Waals surface area contributed by atoms with Gasteiger partial charge in [-0.25, -0.2) is 9.37 Å². The molecule has 1 aliphatic heterocycles. The first-order chi connectivity index (χ1) is 10.6. The van der Waals surface area contributed by atoms with Crippen molar-refractivity contribution in [2.75, 3.05) is 18.5 Å². The summed E-state index contributed by atoms with van der Waals surface area (Å²) in [6.45, 7) is 1.12. The van der Waals surface area contributed by atoms with Gasteiger partial charge in [0.15, 0.2) is 11.6 Å². The lowest BCUT2D eigenvalue weighted by atomic mass is 10.2. The Kier molecular flexibility index (Phi) is 4.61. The standard InChI is InChI=1S/C14H12Cl2FN3O2/c15-9-6-18-14(16)20-13(9)19-12-10(17)2-1-3-11(12)22-8-4-5-21-7-8/h1-3,6,8H,4-5,7H2,(H,18,19,20). The van der Waals surface area contributed by atoms with E-state index in [9.17, 15) is 4.39 Å². The first kappa shape index (κ1) is 15.3. The molecule has 1 aromatic carbocycles. The van der Waals surface area contributed by atoms with Crippen LogP contribution in [0, 0.1) is 5.82 Å². The first-order valence-corrected chi connectivity index (χ1v) is 7.37. The van der Waals surface area contributed by atoms with Crippen LogP contribution in [0.15, 0.2) is 24.4 Å². The first-order valence-electron chi connectivity index (χ1n) is 6.61. The summed E-state index contributed by atoms with van der Waals surface area (Å²) in [5, 5.41) is 3.05. The number of hydrogen-bond donors (Lipinski definition) is 1. The molecule has 2 aromatic rings. The van der Waals surface area contributed by atoms with Crippen molar-refractivity contribution in [2.24, 2.45) is 0 Å². The van der Waals surface area contributed by atoms with Crippen molar-refractivity contribution in [1.82, 2.24) is 9.97 Å². The van der Waals surface area contributed by atoms with E-state index < -0.39 is 5.82 Å². The van der Waals surface area contributed by atoms with E-state index in [1.807, 2.05) is 0 Å². The van der Waals surface area contributed by atoms with Crippen molar-refractivity contribution >= 4 is 34.7 Å². The number of ether oxygens (including phenoxy) is 2. The van der Waals surface area contributed by atoms with Gasteiger partial charge in [-0.05, 0) is 23.7 Å². The Morgan fingerprint density at radius 1 is 1.36 bits per heavy atom. The topological polar surface area (TPSA) is 56.3 Å². The third kappa shape index (κ3) is 3.40. The van der Waals surface area contributed by atoms with Gasteiger partial charge in [-0.1, -0.05) is 17.7 Å². The maximum absolute atomic E-state index is 14.1. The molecule has 1 aliphatic rings. The highest BCUT2D eigenvalue weighted by Gasteiger charge is 2.20. The van der Waals surface area contributed by atoms with Gasteiger partial charge in [-0.3, -0.25) is 0 Å². The fourth-order valence-corrected chi connectivity index (χ4v) is 2.33. The van der Waals surface area contributed by atoms with Crippen LogP contribution in [0.2, 0.25) is 10.3 Å². The second kappa shape index (κ2) is 6.64. The van der Waals surface area contributed by atoms with E-state index in [2.05, 4.69) is 15.3 Å². The number of aromatic nitrogens is 2. The molecule has 0 radical (unpaired) electrons.